The second-order valence-electron chi connectivity index (χ2n) is 10.0. The van der Waals surface area contributed by atoms with Gasteiger partial charge in [0.2, 0.25) is 5.95 Å². The zero-order valence-corrected chi connectivity index (χ0v) is 25.4. The summed E-state index contributed by atoms with van der Waals surface area (Å²) in [7, 11) is 0. The number of rotatable bonds is 3. The molecule has 3 aliphatic rings. The number of H-pyrrole nitrogens is 1. The number of thiol groups is 2. The molecule has 6 rings (SSSR count). The Balaban J connectivity index is 1.27. The maximum absolute atomic E-state index is 13.5. The summed E-state index contributed by atoms with van der Waals surface area (Å²) in [6.07, 6.45) is -1.57. The number of nitrogens with one attached hydrogen (secondary N) is 2. The second kappa shape index (κ2) is 11.7. The lowest BCUT2D eigenvalue weighted by Crippen LogP contribution is -2.35. The van der Waals surface area contributed by atoms with Crippen LogP contribution in [-0.4, -0.2) is 78.3 Å². The summed E-state index contributed by atoms with van der Waals surface area (Å²) in [4.78, 5) is 30.7. The number of nitrogens with zero attached hydrogens (tertiary/aromatic N) is 6. The second-order valence-corrected chi connectivity index (χ2v) is 15.8. The number of nitrogen functional groups attached to an aromatic ring is 1. The van der Waals surface area contributed by atoms with E-state index in [4.69, 9.17) is 28.6 Å². The first-order chi connectivity index (χ1) is 20.4. The fourth-order valence-corrected chi connectivity index (χ4v) is 8.36. The van der Waals surface area contributed by atoms with Gasteiger partial charge in [-0.25, -0.2) is 24.1 Å². The third kappa shape index (κ3) is 6.33. The Kier molecular flexibility index (Phi) is 8.32. The highest BCUT2D eigenvalue weighted by molar-refractivity contribution is 8.44. The van der Waals surface area contributed by atoms with Crippen LogP contribution in [-0.2, 0) is 32.0 Å². The van der Waals surface area contributed by atoms with Gasteiger partial charge in [-0.3, -0.25) is 27.9 Å². The smallest absolute Gasteiger partial charge is 0.386 e. The minimum atomic E-state index is -4.20. The van der Waals surface area contributed by atoms with Crippen molar-refractivity contribution in [3.63, 3.8) is 0 Å². The van der Waals surface area contributed by atoms with Gasteiger partial charge in [0.1, 0.15) is 42.1 Å². The van der Waals surface area contributed by atoms with E-state index >= 15 is 0 Å². The van der Waals surface area contributed by atoms with Crippen molar-refractivity contribution in [2.45, 2.75) is 49.5 Å². The molecule has 43 heavy (non-hydrogen) atoms. The fourth-order valence-electron chi connectivity index (χ4n) is 5.29. The molecule has 2 aliphatic heterocycles. The van der Waals surface area contributed by atoms with Gasteiger partial charge in [-0.2, -0.15) is 10.2 Å². The average Bonchev–Trinajstić information content (AvgIpc) is 3.62. The molecule has 0 spiro atoms. The van der Waals surface area contributed by atoms with Crippen molar-refractivity contribution < 1.29 is 37.1 Å². The monoisotopic (exact) mass is 673 g/mol. The minimum Gasteiger partial charge on any atom is -0.387 e. The Morgan fingerprint density at radius 3 is 2.72 bits per heavy atom. The van der Waals surface area contributed by atoms with E-state index in [2.05, 4.69) is 54.7 Å². The van der Waals surface area contributed by atoms with E-state index in [-0.39, 0.29) is 41.7 Å². The van der Waals surface area contributed by atoms with Crippen LogP contribution in [0.3, 0.4) is 0 Å². The number of ether oxygens (including phenoxy) is 1. The highest BCUT2D eigenvalue weighted by Crippen LogP contribution is 2.60. The van der Waals surface area contributed by atoms with Crippen LogP contribution in [0.4, 0.5) is 11.8 Å². The maximum atomic E-state index is 13.5. The lowest BCUT2D eigenvalue weighted by atomic mass is 10.1. The standard InChI is InChI=1S/C21H25N9O9P2S2/c22-3-10-4-24-7-25-17(10)27-11-1-9-5-35-41(34,43)39-16-15(31)13(6-36-40(33,42)38-12(9)2-11)37-20(16)30-8-26-14-18(30)28-21(23)29-19(14)32/h4,7-9,11-13,15-16,20,31H,1-2,5-6H2,(H,33,42)(H,34,43)(H,24,25,27)(H3,23,28,29,32)/t9-,11-,12+,13-,15-,16-,20-,40+,41?/m1/s1. The fraction of sp³-hybridized carbons (Fsp3) is 0.524. The van der Waals surface area contributed by atoms with Gasteiger partial charge in [0.25, 0.3) is 5.56 Å². The number of fused-ring (bicyclic) bond motifs is 4. The van der Waals surface area contributed by atoms with Crippen LogP contribution in [0.5, 0.6) is 0 Å². The highest BCUT2D eigenvalue weighted by atomic mass is 32.7. The molecular formula is C21H25N9O9P2S2. The first kappa shape index (κ1) is 30.5. The molecule has 3 aromatic rings. The number of anilines is 2. The van der Waals surface area contributed by atoms with Crippen LogP contribution in [0, 0.1) is 17.2 Å². The summed E-state index contributed by atoms with van der Waals surface area (Å²) >= 11 is 8.26. The molecule has 1 saturated carbocycles. The van der Waals surface area contributed by atoms with Gasteiger partial charge in [0.05, 0.1) is 31.8 Å². The van der Waals surface area contributed by atoms with Crippen molar-refractivity contribution in [3.05, 3.63) is 34.8 Å². The Labute approximate surface area is 253 Å². The van der Waals surface area contributed by atoms with Crippen LogP contribution < -0.4 is 16.6 Å². The molecule has 0 aromatic carbocycles. The Morgan fingerprint density at radius 2 is 1.93 bits per heavy atom. The van der Waals surface area contributed by atoms with Gasteiger partial charge >= 0.3 is 13.6 Å². The van der Waals surface area contributed by atoms with Gasteiger partial charge in [0, 0.05) is 12.0 Å². The minimum absolute atomic E-state index is 0.00318. The van der Waals surface area contributed by atoms with Crippen LogP contribution >= 0.6 is 38.1 Å². The van der Waals surface area contributed by atoms with Crippen LogP contribution in [0.1, 0.15) is 24.6 Å². The van der Waals surface area contributed by atoms with E-state index in [0.29, 0.717) is 12.2 Å². The van der Waals surface area contributed by atoms with Gasteiger partial charge in [-0.15, -0.1) is 0 Å². The Morgan fingerprint density at radius 1 is 1.16 bits per heavy atom. The van der Waals surface area contributed by atoms with E-state index < -0.39 is 62.3 Å². The van der Waals surface area contributed by atoms with Crippen molar-refractivity contribution in [1.29, 1.82) is 5.26 Å². The van der Waals surface area contributed by atoms with Crippen molar-refractivity contribution in [2.24, 2.45) is 5.92 Å². The molecular weight excluding hydrogens is 648 g/mol. The van der Waals surface area contributed by atoms with Crippen LogP contribution in [0.25, 0.3) is 11.2 Å². The number of nitrogens with two attached hydrogens (primary N) is 1. The van der Waals surface area contributed by atoms with Crippen molar-refractivity contribution in [3.8, 4) is 6.07 Å². The number of aliphatic hydroxyl groups excluding tert-OH is 1. The highest BCUT2D eigenvalue weighted by Gasteiger charge is 2.51. The normalized spacial score (nSPS) is 36.7. The predicted octanol–water partition coefficient (Wildman–Crippen LogP) is 1.41. The maximum Gasteiger partial charge on any atom is 0.386 e. The molecule has 22 heteroatoms. The first-order valence-electron chi connectivity index (χ1n) is 12.8. The van der Waals surface area contributed by atoms with E-state index in [1.807, 2.05) is 6.07 Å². The van der Waals surface area contributed by atoms with Gasteiger partial charge in [0.15, 0.2) is 17.4 Å². The molecule has 3 fully saturated rings. The molecule has 5 N–H and O–H groups in total. The molecule has 2 bridgehead atoms. The largest absolute Gasteiger partial charge is 0.387 e. The molecule has 1 unspecified atom stereocenters. The number of nitriles is 1. The lowest BCUT2D eigenvalue weighted by molar-refractivity contribution is -0.0487. The summed E-state index contributed by atoms with van der Waals surface area (Å²) in [6.45, 7) is -8.93. The molecule has 0 amide bonds. The SMILES string of the molecule is N#Cc1cncnc1N[C@@H]1C[C@@H]2COP(=O)(S)O[C@@H]3[C@H](O)[C@@H](CO[P@](=O)(S)O[C@H]2C1)O[C@H]3n1cnc2c(=O)[nH]c(N)nc21. The van der Waals surface area contributed by atoms with E-state index in [1.54, 1.807) is 0 Å². The van der Waals surface area contributed by atoms with Crippen LogP contribution in [0.15, 0.2) is 23.6 Å². The predicted molar refractivity (Wildman–Crippen MR) is 154 cm³/mol. The number of aromatic amines is 1. The average molecular weight is 674 g/mol. The zero-order valence-electron chi connectivity index (χ0n) is 21.9. The summed E-state index contributed by atoms with van der Waals surface area (Å²) < 4.78 is 56.7. The van der Waals surface area contributed by atoms with Crippen molar-refractivity contribution in [1.82, 2.24) is 29.5 Å². The van der Waals surface area contributed by atoms with Crippen molar-refractivity contribution >= 4 is 61.0 Å². The summed E-state index contributed by atoms with van der Waals surface area (Å²) in [5.41, 5.74) is 5.26. The molecule has 2 saturated heterocycles. The van der Waals surface area contributed by atoms with E-state index in [1.165, 1.54) is 23.4 Å². The van der Waals surface area contributed by atoms with Gasteiger partial charge in [-0.05, 0) is 12.8 Å². The third-order valence-corrected chi connectivity index (χ3v) is 10.5. The van der Waals surface area contributed by atoms with E-state index in [9.17, 15) is 24.3 Å². The lowest BCUT2D eigenvalue weighted by Gasteiger charge is -2.26. The number of hydrogen-bond acceptors (Lipinski definition) is 16. The number of hydrogen-bond donors (Lipinski definition) is 6. The summed E-state index contributed by atoms with van der Waals surface area (Å²) in [5.74, 6) is -0.384. The topological polar surface area (TPSA) is 252 Å². The van der Waals surface area contributed by atoms with E-state index in [0.717, 1.165) is 0 Å². The molecule has 18 nitrogen and oxygen atoms in total. The molecule has 5 heterocycles. The first-order valence-corrected chi connectivity index (χ1v) is 18.2. The number of aromatic nitrogens is 6. The molecule has 9 atom stereocenters. The number of imidazole rings is 1. The summed E-state index contributed by atoms with van der Waals surface area (Å²) in [6, 6.07) is 1.70. The van der Waals surface area contributed by atoms with Gasteiger partial charge < -0.3 is 25.4 Å². The molecule has 3 aromatic heterocycles. The summed E-state index contributed by atoms with van der Waals surface area (Å²) in [5, 5.41) is 23.6. The Bertz CT molecular complexity index is 1740. The molecule has 0 radical (unpaired) electrons. The third-order valence-electron chi connectivity index (χ3n) is 7.22. The number of aliphatic hydroxyl groups is 1. The van der Waals surface area contributed by atoms with Crippen molar-refractivity contribution in [2.75, 3.05) is 24.3 Å². The van der Waals surface area contributed by atoms with Gasteiger partial charge in [-0.1, -0.05) is 24.5 Å². The molecule has 1 aliphatic carbocycles. The Hall–Kier alpha value is -2.56. The molecule has 230 valence electrons. The van der Waals surface area contributed by atoms with Crippen LogP contribution in [0.2, 0.25) is 0 Å². The quantitative estimate of drug-likeness (QED) is 0.170. The zero-order chi connectivity index (χ0) is 30.5.